The lowest BCUT2D eigenvalue weighted by Crippen LogP contribution is -2.45. The molecule has 0 aliphatic rings. The molecule has 0 aliphatic carbocycles. The third kappa shape index (κ3) is 7.43. The van der Waals surface area contributed by atoms with Gasteiger partial charge in [0.2, 0.25) is 5.91 Å². The van der Waals surface area contributed by atoms with Crippen LogP contribution in [0, 0.1) is 5.82 Å². The van der Waals surface area contributed by atoms with Crippen molar-refractivity contribution < 1.29 is 22.3 Å². The minimum absolute atomic E-state index is 0.0512. The van der Waals surface area contributed by atoms with Crippen molar-refractivity contribution in [1.29, 1.82) is 0 Å². The van der Waals surface area contributed by atoms with Gasteiger partial charge in [-0.1, -0.05) is 19.1 Å². The number of carbonyl (C=O) groups excluding carboxylic acids is 1. The molecule has 1 amide bonds. The number of rotatable bonds is 9. The van der Waals surface area contributed by atoms with Crippen LogP contribution in [0.25, 0.3) is 0 Å². The second-order valence-electron chi connectivity index (χ2n) is 5.35. The second kappa shape index (κ2) is 8.83. The summed E-state index contributed by atoms with van der Waals surface area (Å²) in [5, 5.41) is 2.60. The van der Waals surface area contributed by atoms with Crippen LogP contribution < -0.4 is 15.8 Å². The van der Waals surface area contributed by atoms with Gasteiger partial charge in [0.25, 0.3) is 0 Å². The molecule has 0 fully saturated rings. The van der Waals surface area contributed by atoms with Crippen molar-refractivity contribution in [3.63, 3.8) is 0 Å². The molecule has 0 heterocycles. The molecule has 0 bridgehead atoms. The number of hydrogen-bond donors (Lipinski definition) is 2. The molecular weight excluding hydrogens is 323 g/mol. The van der Waals surface area contributed by atoms with Gasteiger partial charge in [-0.05, 0) is 25.0 Å². The molecule has 1 rings (SSSR count). The first kappa shape index (κ1) is 19.4. The lowest BCUT2D eigenvalue weighted by atomic mass is 10.2. The molecule has 2 unspecified atom stereocenters. The monoisotopic (exact) mass is 346 g/mol. The molecular formula is C15H23FN2O4S. The maximum atomic E-state index is 13.5. The number of sulfone groups is 1. The van der Waals surface area contributed by atoms with E-state index in [1.54, 1.807) is 12.1 Å². The largest absolute Gasteiger partial charge is 0.486 e. The molecule has 0 saturated heterocycles. The summed E-state index contributed by atoms with van der Waals surface area (Å²) < 4.78 is 41.2. The van der Waals surface area contributed by atoms with Gasteiger partial charge >= 0.3 is 0 Å². The van der Waals surface area contributed by atoms with Gasteiger partial charge in [0.15, 0.2) is 11.6 Å². The number of ether oxygens (including phenoxy) is 1. The van der Waals surface area contributed by atoms with Crippen LogP contribution in [0.15, 0.2) is 24.3 Å². The summed E-state index contributed by atoms with van der Waals surface area (Å²) in [6.07, 6.45) is 1.30. The summed E-state index contributed by atoms with van der Waals surface area (Å²) in [5.41, 5.74) is 5.65. The first-order valence-electron chi connectivity index (χ1n) is 7.35. The van der Waals surface area contributed by atoms with E-state index in [0.29, 0.717) is 6.42 Å². The Labute approximate surface area is 136 Å². The van der Waals surface area contributed by atoms with Crippen LogP contribution in [0.2, 0.25) is 0 Å². The number of halogens is 1. The number of amides is 1. The zero-order valence-electron chi connectivity index (χ0n) is 13.3. The van der Waals surface area contributed by atoms with Crippen LogP contribution in [0.4, 0.5) is 4.39 Å². The molecule has 6 nitrogen and oxygen atoms in total. The van der Waals surface area contributed by atoms with E-state index in [4.69, 9.17) is 10.5 Å². The van der Waals surface area contributed by atoms with E-state index in [9.17, 15) is 17.6 Å². The lowest BCUT2D eigenvalue weighted by Gasteiger charge is -2.19. The lowest BCUT2D eigenvalue weighted by molar-refractivity contribution is -0.122. The topological polar surface area (TPSA) is 98.5 Å². The van der Waals surface area contributed by atoms with Crippen LogP contribution in [-0.2, 0) is 14.6 Å². The summed E-state index contributed by atoms with van der Waals surface area (Å²) >= 11 is 0. The summed E-state index contributed by atoms with van der Waals surface area (Å²) in [6.45, 7) is 2.01. The maximum Gasteiger partial charge on any atom is 0.237 e. The van der Waals surface area contributed by atoms with E-state index < -0.39 is 33.7 Å². The zero-order chi connectivity index (χ0) is 17.5. The first-order valence-corrected chi connectivity index (χ1v) is 9.41. The number of benzene rings is 1. The minimum atomic E-state index is -3.16. The summed E-state index contributed by atoms with van der Waals surface area (Å²) in [5.74, 6) is -0.953. The Bertz CT molecular complexity index is 622. The van der Waals surface area contributed by atoms with Crippen molar-refractivity contribution in [3.8, 4) is 5.75 Å². The van der Waals surface area contributed by atoms with E-state index in [2.05, 4.69) is 5.32 Å². The number of hydrogen-bond acceptors (Lipinski definition) is 5. The Balaban J connectivity index is 2.47. The minimum Gasteiger partial charge on any atom is -0.486 e. The summed E-state index contributed by atoms with van der Waals surface area (Å²) in [6, 6.07) is 5.12. The highest BCUT2D eigenvalue weighted by molar-refractivity contribution is 7.90. The molecule has 23 heavy (non-hydrogen) atoms. The number of carbonyl (C=O) groups is 1. The molecule has 3 N–H and O–H groups in total. The van der Waals surface area contributed by atoms with Gasteiger partial charge in [-0.25, -0.2) is 12.8 Å². The van der Waals surface area contributed by atoms with Crippen molar-refractivity contribution in [1.82, 2.24) is 5.32 Å². The van der Waals surface area contributed by atoms with E-state index in [1.165, 1.54) is 12.1 Å². The van der Waals surface area contributed by atoms with Gasteiger partial charge < -0.3 is 15.8 Å². The Kier molecular flexibility index (Phi) is 7.44. The van der Waals surface area contributed by atoms with Gasteiger partial charge in [-0.3, -0.25) is 4.79 Å². The van der Waals surface area contributed by atoms with Gasteiger partial charge in [0.1, 0.15) is 15.9 Å². The fraction of sp³-hybridized carbons (Fsp3) is 0.533. The molecule has 1 aromatic carbocycles. The zero-order valence-corrected chi connectivity index (χ0v) is 14.1. The highest BCUT2D eigenvalue weighted by Crippen LogP contribution is 2.17. The van der Waals surface area contributed by atoms with Gasteiger partial charge in [-0.15, -0.1) is 0 Å². The Morgan fingerprint density at radius 1 is 1.39 bits per heavy atom. The molecule has 0 spiro atoms. The Hall–Kier alpha value is -1.67. The van der Waals surface area contributed by atoms with Crippen molar-refractivity contribution in [3.05, 3.63) is 30.1 Å². The molecule has 0 aromatic heterocycles. The molecule has 0 aliphatic heterocycles. The van der Waals surface area contributed by atoms with Crippen LogP contribution in [0.3, 0.4) is 0 Å². The van der Waals surface area contributed by atoms with Crippen LogP contribution in [0.1, 0.15) is 19.8 Å². The highest BCUT2D eigenvalue weighted by Gasteiger charge is 2.18. The van der Waals surface area contributed by atoms with E-state index in [-0.39, 0.29) is 24.5 Å². The average Bonchev–Trinajstić information content (AvgIpc) is 2.49. The van der Waals surface area contributed by atoms with Crippen molar-refractivity contribution in [2.75, 3.05) is 18.6 Å². The van der Waals surface area contributed by atoms with Crippen LogP contribution in [0.5, 0.6) is 5.75 Å². The Morgan fingerprint density at radius 3 is 2.61 bits per heavy atom. The van der Waals surface area contributed by atoms with Gasteiger partial charge in [0, 0.05) is 6.26 Å². The predicted molar refractivity (Wildman–Crippen MR) is 86.4 cm³/mol. The van der Waals surface area contributed by atoms with Crippen LogP contribution >= 0.6 is 0 Å². The molecule has 8 heteroatoms. The maximum absolute atomic E-state index is 13.5. The van der Waals surface area contributed by atoms with Crippen LogP contribution in [-0.4, -0.2) is 45.0 Å². The smallest absolute Gasteiger partial charge is 0.237 e. The van der Waals surface area contributed by atoms with Crippen molar-refractivity contribution >= 4 is 15.7 Å². The fourth-order valence-electron chi connectivity index (χ4n) is 1.81. The number of nitrogens with two attached hydrogens (primary N) is 1. The first-order chi connectivity index (χ1) is 10.7. The standard InChI is InChI=1S/C15H23FN2O4S/c1-3-11(22-14-7-5-4-6-12(14)16)10-18-15(19)13(17)8-9-23(2,20)21/h4-7,11,13H,3,8-10,17H2,1-2H3,(H,18,19). The number of nitrogens with one attached hydrogen (secondary N) is 1. The molecule has 2 atom stereocenters. The third-order valence-corrected chi connectivity index (χ3v) is 4.20. The van der Waals surface area contributed by atoms with E-state index >= 15 is 0 Å². The van der Waals surface area contributed by atoms with Gasteiger partial charge in [-0.2, -0.15) is 0 Å². The average molecular weight is 346 g/mol. The quantitative estimate of drug-likeness (QED) is 0.691. The molecule has 1 aromatic rings. The number of para-hydroxylation sites is 1. The SMILES string of the molecule is CCC(CNC(=O)C(N)CCS(C)(=O)=O)Oc1ccccc1F. The fourth-order valence-corrected chi connectivity index (χ4v) is 2.49. The molecule has 130 valence electrons. The van der Waals surface area contributed by atoms with Crippen molar-refractivity contribution in [2.45, 2.75) is 31.9 Å². The summed E-state index contributed by atoms with van der Waals surface area (Å²) in [4.78, 5) is 11.8. The Morgan fingerprint density at radius 2 is 2.04 bits per heavy atom. The highest BCUT2D eigenvalue weighted by atomic mass is 32.2. The van der Waals surface area contributed by atoms with Crippen molar-refractivity contribution in [2.24, 2.45) is 5.73 Å². The third-order valence-electron chi connectivity index (χ3n) is 3.23. The van der Waals surface area contributed by atoms with E-state index in [1.807, 2.05) is 6.92 Å². The second-order valence-corrected chi connectivity index (χ2v) is 7.61. The van der Waals surface area contributed by atoms with E-state index in [0.717, 1.165) is 6.26 Å². The molecule has 0 radical (unpaired) electrons. The normalized spacial score (nSPS) is 14.1. The summed E-state index contributed by atoms with van der Waals surface area (Å²) in [7, 11) is -3.16. The van der Waals surface area contributed by atoms with Gasteiger partial charge in [0.05, 0.1) is 18.3 Å². The molecule has 0 saturated carbocycles. The predicted octanol–water partition coefficient (Wildman–Crippen LogP) is 0.861.